The minimum atomic E-state index is -0.136. The van der Waals surface area contributed by atoms with Gasteiger partial charge in [0.25, 0.3) is 5.91 Å². The standard InChI is InChI=1S/C24H29N7O3/c1-17-26-23(29-24(27-17)31-13-11-30(12-14-31)15-16-32)28-19-5-9-21(10-6-19)34-20-7-3-18(4-8-20)22(33)25-2/h3-10,32H,11-16H2,1-2H3,(H,25,33)(H,26,27,28,29). The van der Waals surface area contributed by atoms with Gasteiger partial charge in [-0.2, -0.15) is 15.0 Å². The molecule has 0 unspecified atom stereocenters. The summed E-state index contributed by atoms with van der Waals surface area (Å²) in [5.41, 5.74) is 1.40. The Morgan fingerprint density at radius 2 is 1.62 bits per heavy atom. The van der Waals surface area contributed by atoms with Crippen molar-refractivity contribution in [3.63, 3.8) is 0 Å². The number of aliphatic hydroxyl groups excluding tert-OH is 1. The molecule has 10 nitrogen and oxygen atoms in total. The second kappa shape index (κ2) is 10.9. The van der Waals surface area contributed by atoms with Crippen LogP contribution in [0.5, 0.6) is 11.5 Å². The summed E-state index contributed by atoms with van der Waals surface area (Å²) in [7, 11) is 1.60. The molecule has 0 spiro atoms. The van der Waals surface area contributed by atoms with Crippen LogP contribution in [-0.4, -0.2) is 77.2 Å². The van der Waals surface area contributed by atoms with Gasteiger partial charge < -0.3 is 25.4 Å². The van der Waals surface area contributed by atoms with Gasteiger partial charge in [-0.25, -0.2) is 0 Å². The topological polar surface area (TPSA) is 116 Å². The van der Waals surface area contributed by atoms with Gasteiger partial charge in [0.05, 0.1) is 6.61 Å². The quantitative estimate of drug-likeness (QED) is 0.462. The van der Waals surface area contributed by atoms with Crippen LogP contribution in [0, 0.1) is 6.92 Å². The Bertz CT molecular complexity index is 1100. The first-order valence-electron chi connectivity index (χ1n) is 11.2. The molecule has 34 heavy (non-hydrogen) atoms. The lowest BCUT2D eigenvalue weighted by Crippen LogP contribution is -2.47. The maximum Gasteiger partial charge on any atom is 0.251 e. The number of anilines is 3. The van der Waals surface area contributed by atoms with Crippen LogP contribution >= 0.6 is 0 Å². The van der Waals surface area contributed by atoms with E-state index in [1.807, 2.05) is 31.2 Å². The summed E-state index contributed by atoms with van der Waals surface area (Å²) in [5.74, 6) is 2.96. The van der Waals surface area contributed by atoms with Gasteiger partial charge in [0.2, 0.25) is 11.9 Å². The number of aromatic nitrogens is 3. The van der Waals surface area contributed by atoms with Gasteiger partial charge in [-0.1, -0.05) is 0 Å². The molecule has 1 aromatic heterocycles. The van der Waals surface area contributed by atoms with E-state index >= 15 is 0 Å². The Kier molecular flexibility index (Phi) is 7.51. The van der Waals surface area contributed by atoms with Gasteiger partial charge >= 0.3 is 0 Å². The van der Waals surface area contributed by atoms with Gasteiger partial charge in [0.15, 0.2) is 0 Å². The number of nitrogens with one attached hydrogen (secondary N) is 2. The fourth-order valence-electron chi connectivity index (χ4n) is 3.67. The Balaban J connectivity index is 1.38. The zero-order chi connectivity index (χ0) is 23.9. The molecule has 1 saturated heterocycles. The molecule has 0 bridgehead atoms. The molecule has 0 radical (unpaired) electrons. The number of aliphatic hydroxyl groups is 1. The van der Waals surface area contributed by atoms with Crippen molar-refractivity contribution in [3.05, 3.63) is 59.9 Å². The molecule has 1 aliphatic rings. The van der Waals surface area contributed by atoms with E-state index in [1.165, 1.54) is 0 Å². The number of β-amino-alcohol motifs (C(OH)–C–C–N with tert-alkyl or cyclic N) is 1. The summed E-state index contributed by atoms with van der Waals surface area (Å²) in [6.45, 7) is 6.06. The number of ether oxygens (including phenoxy) is 1. The highest BCUT2D eigenvalue weighted by Gasteiger charge is 2.19. The van der Waals surface area contributed by atoms with Crippen LogP contribution < -0.4 is 20.3 Å². The van der Waals surface area contributed by atoms with Crippen molar-refractivity contribution in [2.45, 2.75) is 6.92 Å². The number of carbonyl (C=O) groups excluding carboxylic acids is 1. The summed E-state index contributed by atoms with van der Waals surface area (Å²) in [6.07, 6.45) is 0. The summed E-state index contributed by atoms with van der Waals surface area (Å²) in [4.78, 5) is 29.5. The van der Waals surface area contributed by atoms with Crippen molar-refractivity contribution in [1.29, 1.82) is 0 Å². The molecule has 0 saturated carbocycles. The lowest BCUT2D eigenvalue weighted by atomic mass is 10.2. The van der Waals surface area contributed by atoms with Crippen LogP contribution in [0.2, 0.25) is 0 Å². The van der Waals surface area contributed by atoms with Crippen LogP contribution in [0.1, 0.15) is 16.2 Å². The third-order valence-electron chi connectivity index (χ3n) is 5.50. The molecule has 0 atom stereocenters. The zero-order valence-electron chi connectivity index (χ0n) is 19.4. The third kappa shape index (κ3) is 5.97. The Morgan fingerprint density at radius 1 is 0.971 bits per heavy atom. The van der Waals surface area contributed by atoms with Crippen molar-refractivity contribution in [2.75, 3.05) is 56.6 Å². The number of carbonyl (C=O) groups is 1. The van der Waals surface area contributed by atoms with Crippen LogP contribution in [0.15, 0.2) is 48.5 Å². The Labute approximate surface area is 198 Å². The summed E-state index contributed by atoms with van der Waals surface area (Å²) < 4.78 is 5.87. The molecule has 1 aliphatic heterocycles. The summed E-state index contributed by atoms with van der Waals surface area (Å²) in [5, 5.41) is 15.0. The first-order valence-corrected chi connectivity index (χ1v) is 11.2. The van der Waals surface area contributed by atoms with E-state index in [2.05, 4.69) is 35.4 Å². The number of hydrogen-bond acceptors (Lipinski definition) is 9. The predicted octanol–water partition coefficient (Wildman–Crippen LogP) is 2.19. The van der Waals surface area contributed by atoms with E-state index in [-0.39, 0.29) is 12.5 Å². The van der Waals surface area contributed by atoms with Gasteiger partial charge in [0.1, 0.15) is 17.3 Å². The second-order valence-electron chi connectivity index (χ2n) is 7.91. The van der Waals surface area contributed by atoms with E-state index in [9.17, 15) is 4.79 Å². The predicted molar refractivity (Wildman–Crippen MR) is 130 cm³/mol. The zero-order valence-corrected chi connectivity index (χ0v) is 19.4. The molecule has 178 valence electrons. The normalized spacial score (nSPS) is 14.0. The van der Waals surface area contributed by atoms with Crippen molar-refractivity contribution in [3.8, 4) is 11.5 Å². The van der Waals surface area contributed by atoms with Crippen molar-refractivity contribution in [1.82, 2.24) is 25.2 Å². The highest BCUT2D eigenvalue weighted by atomic mass is 16.5. The SMILES string of the molecule is CNC(=O)c1ccc(Oc2ccc(Nc3nc(C)nc(N4CCN(CCO)CC4)n3)cc2)cc1. The smallest absolute Gasteiger partial charge is 0.251 e. The van der Waals surface area contributed by atoms with Crippen molar-refractivity contribution < 1.29 is 14.6 Å². The number of nitrogens with zero attached hydrogens (tertiary/aromatic N) is 5. The number of piperazine rings is 1. The van der Waals surface area contributed by atoms with Gasteiger partial charge in [-0.15, -0.1) is 0 Å². The average molecular weight is 464 g/mol. The molecule has 10 heteroatoms. The number of rotatable bonds is 8. The molecular weight excluding hydrogens is 434 g/mol. The van der Waals surface area contributed by atoms with E-state index in [1.54, 1.807) is 31.3 Å². The lowest BCUT2D eigenvalue weighted by Gasteiger charge is -2.34. The summed E-state index contributed by atoms with van der Waals surface area (Å²) >= 11 is 0. The van der Waals surface area contributed by atoms with Crippen molar-refractivity contribution in [2.24, 2.45) is 0 Å². The molecule has 1 amide bonds. The van der Waals surface area contributed by atoms with Crippen LogP contribution in [0.4, 0.5) is 17.6 Å². The molecule has 2 aromatic carbocycles. The highest BCUT2D eigenvalue weighted by Crippen LogP contribution is 2.25. The van der Waals surface area contributed by atoms with Crippen LogP contribution in [0.25, 0.3) is 0 Å². The van der Waals surface area contributed by atoms with E-state index in [0.29, 0.717) is 41.3 Å². The fourth-order valence-corrected chi connectivity index (χ4v) is 3.67. The molecule has 1 fully saturated rings. The maximum absolute atomic E-state index is 11.7. The second-order valence-corrected chi connectivity index (χ2v) is 7.91. The average Bonchev–Trinajstić information content (AvgIpc) is 2.85. The Morgan fingerprint density at radius 3 is 2.24 bits per heavy atom. The molecule has 3 aromatic rings. The number of aryl methyl sites for hydroxylation is 1. The van der Waals surface area contributed by atoms with E-state index in [4.69, 9.17) is 9.84 Å². The summed E-state index contributed by atoms with van der Waals surface area (Å²) in [6, 6.07) is 14.4. The van der Waals surface area contributed by atoms with Crippen molar-refractivity contribution >= 4 is 23.5 Å². The highest BCUT2D eigenvalue weighted by molar-refractivity contribution is 5.94. The monoisotopic (exact) mass is 463 g/mol. The van der Waals surface area contributed by atoms with E-state index < -0.39 is 0 Å². The van der Waals surface area contributed by atoms with Gasteiger partial charge in [-0.05, 0) is 55.5 Å². The fraction of sp³-hybridized carbons (Fsp3) is 0.333. The molecule has 2 heterocycles. The molecule has 3 N–H and O–H groups in total. The first kappa shape index (κ1) is 23.4. The first-order chi connectivity index (χ1) is 16.5. The van der Waals surface area contributed by atoms with Gasteiger partial charge in [0, 0.05) is 51.0 Å². The van der Waals surface area contributed by atoms with Crippen LogP contribution in [-0.2, 0) is 0 Å². The maximum atomic E-state index is 11.7. The number of hydrogen-bond donors (Lipinski definition) is 3. The molecular formula is C24H29N7O3. The largest absolute Gasteiger partial charge is 0.457 e. The minimum absolute atomic E-state index is 0.136. The molecule has 4 rings (SSSR count). The third-order valence-corrected chi connectivity index (χ3v) is 5.50. The molecule has 0 aliphatic carbocycles. The lowest BCUT2D eigenvalue weighted by molar-refractivity contribution is 0.0963. The minimum Gasteiger partial charge on any atom is -0.457 e. The van der Waals surface area contributed by atoms with Gasteiger partial charge in [-0.3, -0.25) is 9.69 Å². The van der Waals surface area contributed by atoms with Crippen LogP contribution in [0.3, 0.4) is 0 Å². The Hall–Kier alpha value is -3.76. The van der Waals surface area contributed by atoms with E-state index in [0.717, 1.165) is 31.9 Å². The number of benzene rings is 2. The number of amides is 1.